The normalized spacial score (nSPS) is 39.6. The average Bonchev–Trinajstić information content (AvgIpc) is 3.10. The Labute approximate surface area is 197 Å². The Morgan fingerprint density at radius 1 is 1.06 bits per heavy atom. The van der Waals surface area contributed by atoms with Gasteiger partial charge in [-0.05, 0) is 81.8 Å². The second-order valence-electron chi connectivity index (χ2n) is 11.8. The molecule has 2 N–H and O–H groups in total. The number of benzene rings is 1. The Morgan fingerprint density at radius 2 is 1.82 bits per heavy atom. The van der Waals surface area contributed by atoms with Gasteiger partial charge in [0, 0.05) is 16.9 Å². The lowest BCUT2D eigenvalue weighted by molar-refractivity contribution is -0.123. The van der Waals surface area contributed by atoms with Crippen molar-refractivity contribution in [1.82, 2.24) is 10.6 Å². The van der Waals surface area contributed by atoms with Gasteiger partial charge in [0.15, 0.2) is 0 Å². The Bertz CT molecular complexity index is 957. The molecule has 0 bridgehead atoms. The van der Waals surface area contributed by atoms with E-state index in [0.717, 1.165) is 44.1 Å². The van der Waals surface area contributed by atoms with Crippen molar-refractivity contribution >= 4 is 12.0 Å². The molecular weight excluding hydrogens is 412 g/mol. The fourth-order valence-corrected chi connectivity index (χ4v) is 7.82. The fraction of sp³-hybridized carbons (Fsp3) is 0.643. The van der Waals surface area contributed by atoms with E-state index in [1.165, 1.54) is 0 Å². The summed E-state index contributed by atoms with van der Waals surface area (Å²) in [5.74, 6) is 1.83. The molecule has 1 aromatic rings. The van der Waals surface area contributed by atoms with Crippen molar-refractivity contribution in [2.24, 2.45) is 28.6 Å². The predicted molar refractivity (Wildman–Crippen MR) is 128 cm³/mol. The van der Waals surface area contributed by atoms with Crippen LogP contribution in [-0.2, 0) is 15.1 Å². The highest BCUT2D eigenvalue weighted by atomic mass is 16.6. The largest absolute Gasteiger partial charge is 0.446 e. The molecule has 4 aliphatic rings. The van der Waals surface area contributed by atoms with E-state index in [1.54, 1.807) is 6.08 Å². The second kappa shape index (κ2) is 7.89. The van der Waals surface area contributed by atoms with Crippen LogP contribution in [0.25, 0.3) is 0 Å². The smallest absolute Gasteiger partial charge is 0.408 e. The van der Waals surface area contributed by atoms with Gasteiger partial charge in [-0.2, -0.15) is 0 Å². The molecule has 0 aromatic heterocycles. The number of nitrogens with one attached hydrogen (secondary N) is 2. The summed E-state index contributed by atoms with van der Waals surface area (Å²) < 4.78 is 6.15. The first-order valence-electron chi connectivity index (χ1n) is 12.7. The Balaban J connectivity index is 1.29. The summed E-state index contributed by atoms with van der Waals surface area (Å²) in [4.78, 5) is 24.9. The molecule has 0 radical (unpaired) electrons. The van der Waals surface area contributed by atoms with Crippen LogP contribution < -0.4 is 10.6 Å². The van der Waals surface area contributed by atoms with Gasteiger partial charge in [0.05, 0.1) is 5.54 Å². The van der Waals surface area contributed by atoms with Crippen molar-refractivity contribution in [2.45, 2.75) is 83.9 Å². The van der Waals surface area contributed by atoms with Gasteiger partial charge in [0.2, 0.25) is 5.91 Å². The Morgan fingerprint density at radius 3 is 2.58 bits per heavy atom. The number of rotatable bonds is 3. The maximum Gasteiger partial charge on any atom is 0.408 e. The van der Waals surface area contributed by atoms with Crippen LogP contribution in [0.4, 0.5) is 4.79 Å². The molecule has 3 aliphatic carbocycles. The van der Waals surface area contributed by atoms with Gasteiger partial charge >= 0.3 is 6.09 Å². The summed E-state index contributed by atoms with van der Waals surface area (Å²) in [6, 6.07) is 10.3. The van der Waals surface area contributed by atoms with Gasteiger partial charge < -0.3 is 15.4 Å². The molecule has 0 spiro atoms. The highest BCUT2D eigenvalue weighted by molar-refractivity contribution is 5.89. The average molecular weight is 451 g/mol. The lowest BCUT2D eigenvalue weighted by Gasteiger charge is -2.58. The molecule has 3 saturated carbocycles. The molecule has 3 fully saturated rings. The predicted octanol–water partition coefficient (Wildman–Crippen LogP) is 5.31. The number of hydrogen-bond donors (Lipinski definition) is 2. The number of fused-ring (bicyclic) bond motifs is 5. The van der Waals surface area contributed by atoms with E-state index in [1.807, 2.05) is 44.2 Å². The summed E-state index contributed by atoms with van der Waals surface area (Å²) in [6.45, 7) is 8.73. The van der Waals surface area contributed by atoms with E-state index < -0.39 is 5.54 Å². The maximum atomic E-state index is 13.0. The molecule has 5 rings (SSSR count). The standard InChI is InChI=1S/C28H38N2O3/c1-26(2,18-8-6-5-7-9-18)30-25(32)33-23-13-11-20-19-10-12-22-27(3,17-15-24(31)29-22)21(19)14-16-28(20,23)4/h5-9,15,17,19-23H,10-14,16H2,1-4H3,(H,29,31)(H,30,32)/t19-,20-,21-,22+,23-,27+,28-/m0/s1. The lowest BCUT2D eigenvalue weighted by atomic mass is 9.48. The van der Waals surface area contributed by atoms with E-state index >= 15 is 0 Å². The van der Waals surface area contributed by atoms with Crippen LogP contribution in [0.1, 0.15) is 71.8 Å². The molecule has 0 unspecified atom stereocenters. The van der Waals surface area contributed by atoms with Crippen LogP contribution >= 0.6 is 0 Å². The molecule has 0 saturated heterocycles. The van der Waals surface area contributed by atoms with Crippen molar-refractivity contribution in [2.75, 3.05) is 0 Å². The third-order valence-corrected chi connectivity index (χ3v) is 9.76. The van der Waals surface area contributed by atoms with Crippen molar-refractivity contribution < 1.29 is 14.3 Å². The first kappa shape index (κ1) is 22.5. The number of carbonyl (C=O) groups is 2. The minimum Gasteiger partial charge on any atom is -0.446 e. The highest BCUT2D eigenvalue weighted by Crippen LogP contribution is 2.63. The van der Waals surface area contributed by atoms with Crippen molar-refractivity contribution in [3.8, 4) is 0 Å². The van der Waals surface area contributed by atoms with E-state index in [4.69, 9.17) is 4.74 Å². The number of alkyl carbamates (subject to hydrolysis) is 1. The highest BCUT2D eigenvalue weighted by Gasteiger charge is 2.60. The van der Waals surface area contributed by atoms with Crippen molar-refractivity contribution in [1.29, 1.82) is 0 Å². The third-order valence-electron chi connectivity index (χ3n) is 9.76. The first-order valence-corrected chi connectivity index (χ1v) is 12.7. The zero-order chi connectivity index (χ0) is 23.4. The minimum atomic E-state index is -0.486. The zero-order valence-corrected chi connectivity index (χ0v) is 20.4. The molecule has 1 heterocycles. The van der Waals surface area contributed by atoms with E-state index in [2.05, 4.69) is 30.6 Å². The molecule has 33 heavy (non-hydrogen) atoms. The number of ether oxygens (including phenoxy) is 1. The Hall–Kier alpha value is -2.30. The van der Waals surface area contributed by atoms with Crippen LogP contribution in [-0.4, -0.2) is 24.1 Å². The maximum absolute atomic E-state index is 13.0. The molecule has 1 aromatic carbocycles. The van der Waals surface area contributed by atoms with Gasteiger partial charge in [0.1, 0.15) is 6.10 Å². The van der Waals surface area contributed by atoms with Gasteiger partial charge in [-0.25, -0.2) is 4.79 Å². The molecule has 178 valence electrons. The Kier molecular flexibility index (Phi) is 5.37. The topological polar surface area (TPSA) is 67.4 Å². The van der Waals surface area contributed by atoms with Gasteiger partial charge in [-0.1, -0.05) is 50.3 Å². The van der Waals surface area contributed by atoms with Crippen LogP contribution in [0, 0.1) is 28.6 Å². The van der Waals surface area contributed by atoms with Crippen molar-refractivity contribution in [3.05, 3.63) is 48.0 Å². The molecule has 1 aliphatic heterocycles. The third kappa shape index (κ3) is 3.68. The SMILES string of the molecule is CC(C)(NC(=O)O[C@H]1CC[C@H]2[C@@H]3CC[C@H]4NC(=O)C=C[C@]4(C)[C@H]3CC[C@]12C)c1ccccc1. The van der Waals surface area contributed by atoms with Gasteiger partial charge in [-0.3, -0.25) is 4.79 Å². The van der Waals surface area contributed by atoms with Crippen LogP contribution in [0.5, 0.6) is 0 Å². The monoisotopic (exact) mass is 450 g/mol. The summed E-state index contributed by atoms with van der Waals surface area (Å²) in [5, 5.41) is 6.33. The fourth-order valence-electron chi connectivity index (χ4n) is 7.82. The summed E-state index contributed by atoms with van der Waals surface area (Å²) in [6.07, 6.45) is 10.0. The summed E-state index contributed by atoms with van der Waals surface area (Å²) in [5.41, 5.74) is 0.643. The number of carbonyl (C=O) groups excluding carboxylic acids is 2. The minimum absolute atomic E-state index is 0.0280. The van der Waals surface area contributed by atoms with Crippen LogP contribution in [0.3, 0.4) is 0 Å². The molecule has 7 atom stereocenters. The van der Waals surface area contributed by atoms with Crippen molar-refractivity contribution in [3.63, 3.8) is 0 Å². The molecule has 2 amide bonds. The van der Waals surface area contributed by atoms with Gasteiger partial charge in [0.25, 0.3) is 0 Å². The second-order valence-corrected chi connectivity index (χ2v) is 11.8. The molecule has 5 nitrogen and oxygen atoms in total. The summed E-state index contributed by atoms with van der Waals surface area (Å²) >= 11 is 0. The quantitative estimate of drug-likeness (QED) is 0.655. The first-order chi connectivity index (χ1) is 15.6. The number of amides is 2. The molecule has 5 heteroatoms. The zero-order valence-electron chi connectivity index (χ0n) is 20.4. The van der Waals surface area contributed by atoms with Crippen LogP contribution in [0.15, 0.2) is 42.5 Å². The van der Waals surface area contributed by atoms with E-state index in [-0.39, 0.29) is 35.0 Å². The van der Waals surface area contributed by atoms with Crippen LogP contribution in [0.2, 0.25) is 0 Å². The summed E-state index contributed by atoms with van der Waals surface area (Å²) in [7, 11) is 0. The van der Waals surface area contributed by atoms with E-state index in [9.17, 15) is 9.59 Å². The van der Waals surface area contributed by atoms with E-state index in [0.29, 0.717) is 17.8 Å². The lowest BCUT2D eigenvalue weighted by Crippen LogP contribution is -2.59. The number of hydrogen-bond acceptors (Lipinski definition) is 3. The van der Waals surface area contributed by atoms with Gasteiger partial charge in [-0.15, -0.1) is 0 Å². The molecular formula is C28H38N2O3.